The fourth-order valence-electron chi connectivity index (χ4n) is 1.64. The fourth-order valence-corrected chi connectivity index (χ4v) is 1.64. The van der Waals surface area contributed by atoms with E-state index in [2.05, 4.69) is 5.32 Å². The second-order valence-corrected chi connectivity index (χ2v) is 4.28. The summed E-state index contributed by atoms with van der Waals surface area (Å²) in [6.45, 7) is 3.71. The highest BCUT2D eigenvalue weighted by Crippen LogP contribution is 2.07. The summed E-state index contributed by atoms with van der Waals surface area (Å²) < 4.78 is 4.93. The number of hydrogen-bond donors (Lipinski definition) is 2. The molecule has 5 heteroatoms. The van der Waals surface area contributed by atoms with Gasteiger partial charge in [-0.05, 0) is 31.0 Å². The molecule has 1 aromatic carbocycles. The zero-order valence-electron chi connectivity index (χ0n) is 11.3. The molecule has 0 saturated heterocycles. The Hall–Kier alpha value is -2.04. The number of nitrogens with two attached hydrogens (primary N) is 1. The molecule has 0 aromatic heterocycles. The van der Waals surface area contributed by atoms with Gasteiger partial charge in [-0.2, -0.15) is 0 Å². The average Bonchev–Trinajstić information content (AvgIpc) is 2.42. The summed E-state index contributed by atoms with van der Waals surface area (Å²) in [6.07, 6.45) is 1.71. The highest BCUT2D eigenvalue weighted by atomic mass is 16.5. The molecule has 0 bridgehead atoms. The van der Waals surface area contributed by atoms with Gasteiger partial charge in [0.2, 0.25) is 0 Å². The number of anilines is 1. The smallest absolute Gasteiger partial charge is 0.338 e. The predicted octanol–water partition coefficient (Wildman–Crippen LogP) is 1.73. The Kier molecular flexibility index (Phi) is 5.85. The third-order valence-corrected chi connectivity index (χ3v) is 2.81. The van der Waals surface area contributed by atoms with Gasteiger partial charge in [0.15, 0.2) is 6.61 Å². The molecule has 0 spiro atoms. The van der Waals surface area contributed by atoms with Crippen LogP contribution in [0.15, 0.2) is 24.3 Å². The van der Waals surface area contributed by atoms with Crippen LogP contribution in [-0.2, 0) is 9.53 Å². The van der Waals surface area contributed by atoms with Crippen LogP contribution in [0, 0.1) is 0 Å². The lowest BCUT2D eigenvalue weighted by molar-refractivity contribution is -0.125. The molecule has 5 nitrogen and oxygen atoms in total. The minimum atomic E-state index is -0.549. The van der Waals surface area contributed by atoms with E-state index >= 15 is 0 Å². The molecule has 0 unspecified atom stereocenters. The second-order valence-electron chi connectivity index (χ2n) is 4.28. The molecule has 1 aromatic rings. The van der Waals surface area contributed by atoms with Crippen LogP contribution in [-0.4, -0.2) is 24.5 Å². The van der Waals surface area contributed by atoms with E-state index in [0.717, 1.165) is 12.8 Å². The first-order valence-electron chi connectivity index (χ1n) is 6.38. The first kappa shape index (κ1) is 15.0. The molecule has 1 amide bonds. The molecule has 0 aliphatic heterocycles. The van der Waals surface area contributed by atoms with Gasteiger partial charge in [0.05, 0.1) is 5.56 Å². The van der Waals surface area contributed by atoms with Gasteiger partial charge in [0.25, 0.3) is 5.91 Å². The van der Waals surface area contributed by atoms with Crippen molar-refractivity contribution in [1.82, 2.24) is 5.32 Å². The topological polar surface area (TPSA) is 81.4 Å². The highest BCUT2D eigenvalue weighted by Gasteiger charge is 2.12. The quantitative estimate of drug-likeness (QED) is 0.605. The second kappa shape index (κ2) is 7.41. The van der Waals surface area contributed by atoms with E-state index in [9.17, 15) is 9.59 Å². The number of rotatable bonds is 6. The standard InChI is InChI=1S/C14H20N2O3/c1-3-12(4-2)16-13(17)9-19-14(18)10-6-5-7-11(15)8-10/h5-8,12H,3-4,9,15H2,1-2H3,(H,16,17). The first-order valence-corrected chi connectivity index (χ1v) is 6.38. The molecule has 0 heterocycles. The molecule has 19 heavy (non-hydrogen) atoms. The van der Waals surface area contributed by atoms with E-state index in [1.165, 1.54) is 6.07 Å². The molecule has 0 aliphatic rings. The lowest BCUT2D eigenvalue weighted by Gasteiger charge is -2.14. The van der Waals surface area contributed by atoms with Gasteiger partial charge in [0, 0.05) is 11.7 Å². The number of carbonyl (C=O) groups excluding carboxylic acids is 2. The maximum atomic E-state index is 11.7. The molecular weight excluding hydrogens is 244 g/mol. The molecule has 3 N–H and O–H groups in total. The van der Waals surface area contributed by atoms with Gasteiger partial charge in [-0.25, -0.2) is 4.79 Å². The zero-order valence-corrected chi connectivity index (χ0v) is 11.3. The van der Waals surface area contributed by atoms with Crippen LogP contribution in [0.2, 0.25) is 0 Å². The van der Waals surface area contributed by atoms with Crippen LogP contribution in [0.4, 0.5) is 5.69 Å². The van der Waals surface area contributed by atoms with Crippen molar-refractivity contribution < 1.29 is 14.3 Å². The van der Waals surface area contributed by atoms with Crippen LogP contribution in [0.5, 0.6) is 0 Å². The monoisotopic (exact) mass is 264 g/mol. The number of amides is 1. The molecule has 0 saturated carbocycles. The maximum absolute atomic E-state index is 11.7. The van der Waals surface area contributed by atoms with Gasteiger partial charge >= 0.3 is 5.97 Å². The Labute approximate surface area is 113 Å². The normalized spacial score (nSPS) is 10.3. The Morgan fingerprint density at radius 2 is 2.00 bits per heavy atom. The van der Waals surface area contributed by atoms with Crippen molar-refractivity contribution in [3.05, 3.63) is 29.8 Å². The zero-order chi connectivity index (χ0) is 14.3. The lowest BCUT2D eigenvalue weighted by Crippen LogP contribution is -2.36. The minimum absolute atomic E-state index is 0.124. The largest absolute Gasteiger partial charge is 0.452 e. The predicted molar refractivity (Wildman–Crippen MR) is 73.6 cm³/mol. The van der Waals surface area contributed by atoms with Crippen molar-refractivity contribution >= 4 is 17.6 Å². The Morgan fingerprint density at radius 1 is 1.32 bits per heavy atom. The number of hydrogen-bond acceptors (Lipinski definition) is 4. The fraction of sp³-hybridized carbons (Fsp3) is 0.429. The number of nitrogen functional groups attached to an aromatic ring is 1. The molecule has 0 aliphatic carbocycles. The number of nitrogens with one attached hydrogen (secondary N) is 1. The molecule has 0 radical (unpaired) electrons. The van der Waals surface area contributed by atoms with Gasteiger partial charge in [0.1, 0.15) is 0 Å². The van der Waals surface area contributed by atoms with Crippen LogP contribution in [0.3, 0.4) is 0 Å². The van der Waals surface area contributed by atoms with Crippen LogP contribution < -0.4 is 11.1 Å². The average molecular weight is 264 g/mol. The van der Waals surface area contributed by atoms with Crippen molar-refractivity contribution in [2.45, 2.75) is 32.7 Å². The summed E-state index contributed by atoms with van der Waals surface area (Å²) in [5.74, 6) is -0.835. The van der Waals surface area contributed by atoms with E-state index in [1.54, 1.807) is 18.2 Å². The summed E-state index contributed by atoms with van der Waals surface area (Å²) in [5, 5.41) is 2.79. The Bertz CT molecular complexity index is 442. The molecule has 0 atom stereocenters. The SMILES string of the molecule is CCC(CC)NC(=O)COC(=O)c1cccc(N)c1. The summed E-state index contributed by atoms with van der Waals surface area (Å²) in [7, 11) is 0. The van der Waals surface area contributed by atoms with Gasteiger partial charge < -0.3 is 15.8 Å². The third kappa shape index (κ3) is 4.99. The molecular formula is C14H20N2O3. The number of ether oxygens (including phenoxy) is 1. The van der Waals surface area contributed by atoms with Crippen molar-refractivity contribution in [2.24, 2.45) is 0 Å². The maximum Gasteiger partial charge on any atom is 0.338 e. The third-order valence-electron chi connectivity index (χ3n) is 2.81. The van der Waals surface area contributed by atoms with E-state index in [-0.39, 0.29) is 18.6 Å². The molecule has 0 fully saturated rings. The Balaban J connectivity index is 2.44. The Morgan fingerprint density at radius 3 is 2.58 bits per heavy atom. The van der Waals surface area contributed by atoms with Crippen molar-refractivity contribution in [3.63, 3.8) is 0 Å². The molecule has 104 valence electrons. The number of benzene rings is 1. The summed E-state index contributed by atoms with van der Waals surface area (Å²) in [4.78, 5) is 23.2. The van der Waals surface area contributed by atoms with E-state index in [0.29, 0.717) is 11.3 Å². The highest BCUT2D eigenvalue weighted by molar-refractivity contribution is 5.92. The van der Waals surface area contributed by atoms with Gasteiger partial charge in [-0.1, -0.05) is 19.9 Å². The minimum Gasteiger partial charge on any atom is -0.452 e. The van der Waals surface area contributed by atoms with E-state index in [4.69, 9.17) is 10.5 Å². The summed E-state index contributed by atoms with van der Waals surface area (Å²) >= 11 is 0. The van der Waals surface area contributed by atoms with Crippen molar-refractivity contribution in [1.29, 1.82) is 0 Å². The van der Waals surface area contributed by atoms with Gasteiger partial charge in [-0.15, -0.1) is 0 Å². The number of esters is 1. The van der Waals surface area contributed by atoms with E-state index < -0.39 is 5.97 Å². The van der Waals surface area contributed by atoms with Crippen molar-refractivity contribution in [2.75, 3.05) is 12.3 Å². The lowest BCUT2D eigenvalue weighted by atomic mass is 10.2. The van der Waals surface area contributed by atoms with Crippen molar-refractivity contribution in [3.8, 4) is 0 Å². The van der Waals surface area contributed by atoms with E-state index in [1.807, 2.05) is 13.8 Å². The summed E-state index contributed by atoms with van der Waals surface area (Å²) in [6, 6.07) is 6.57. The summed E-state index contributed by atoms with van der Waals surface area (Å²) in [5.41, 5.74) is 6.39. The first-order chi connectivity index (χ1) is 9.06. The van der Waals surface area contributed by atoms with Crippen LogP contribution in [0.1, 0.15) is 37.0 Å². The number of carbonyl (C=O) groups is 2. The van der Waals surface area contributed by atoms with Crippen LogP contribution in [0.25, 0.3) is 0 Å². The van der Waals surface area contributed by atoms with Gasteiger partial charge in [-0.3, -0.25) is 4.79 Å². The van der Waals surface area contributed by atoms with Crippen LogP contribution >= 0.6 is 0 Å². The molecule has 1 rings (SSSR count).